The van der Waals surface area contributed by atoms with Gasteiger partial charge in [0.15, 0.2) is 5.78 Å². The van der Waals surface area contributed by atoms with Gasteiger partial charge in [0.1, 0.15) is 5.75 Å². The highest BCUT2D eigenvalue weighted by atomic mass is 16.5. The molecule has 0 fully saturated rings. The van der Waals surface area contributed by atoms with Gasteiger partial charge in [0.05, 0.1) is 7.11 Å². The molecule has 0 radical (unpaired) electrons. The Balaban J connectivity index is 2.11. The molecule has 0 saturated heterocycles. The van der Waals surface area contributed by atoms with Crippen molar-refractivity contribution in [2.45, 2.75) is 12.8 Å². The zero-order valence-corrected chi connectivity index (χ0v) is 11.6. The summed E-state index contributed by atoms with van der Waals surface area (Å²) in [5, 5.41) is 0. The molecule has 0 heterocycles. The number of hydrogen-bond donors (Lipinski definition) is 1. The van der Waals surface area contributed by atoms with Gasteiger partial charge in [0.2, 0.25) is 0 Å². The molecule has 0 aliphatic carbocycles. The van der Waals surface area contributed by atoms with Crippen LogP contribution in [-0.4, -0.2) is 19.4 Å². The molecule has 0 unspecified atom stereocenters. The van der Waals surface area contributed by atoms with Crippen LogP contribution in [0.5, 0.6) is 5.75 Å². The van der Waals surface area contributed by atoms with E-state index in [4.69, 9.17) is 10.5 Å². The highest BCUT2D eigenvalue weighted by Crippen LogP contribution is 2.19. The van der Waals surface area contributed by atoms with Gasteiger partial charge in [-0.3, -0.25) is 4.79 Å². The molecular weight excluding hydrogens is 250 g/mol. The SMILES string of the molecule is COc1ccccc1CC(=O)c1ccc(CCN)cc1. The predicted octanol–water partition coefficient (Wildman–Crippen LogP) is 2.62. The van der Waals surface area contributed by atoms with Crippen molar-refractivity contribution in [2.24, 2.45) is 5.73 Å². The molecule has 3 nitrogen and oxygen atoms in total. The van der Waals surface area contributed by atoms with E-state index in [1.807, 2.05) is 48.5 Å². The van der Waals surface area contributed by atoms with E-state index in [2.05, 4.69) is 0 Å². The van der Waals surface area contributed by atoms with Crippen LogP contribution in [0.15, 0.2) is 48.5 Å². The van der Waals surface area contributed by atoms with Crippen molar-refractivity contribution >= 4 is 5.78 Å². The molecule has 104 valence electrons. The molecule has 3 heteroatoms. The normalized spacial score (nSPS) is 10.3. The van der Waals surface area contributed by atoms with Gasteiger partial charge in [0, 0.05) is 17.5 Å². The van der Waals surface area contributed by atoms with E-state index in [-0.39, 0.29) is 5.78 Å². The first kappa shape index (κ1) is 14.3. The van der Waals surface area contributed by atoms with Crippen LogP contribution in [0, 0.1) is 0 Å². The Bertz CT molecular complexity index is 576. The molecule has 0 bridgehead atoms. The van der Waals surface area contributed by atoms with E-state index in [9.17, 15) is 4.79 Å². The number of ketones is 1. The summed E-state index contributed by atoms with van der Waals surface area (Å²) in [6.45, 7) is 0.620. The maximum Gasteiger partial charge on any atom is 0.167 e. The summed E-state index contributed by atoms with van der Waals surface area (Å²) < 4.78 is 5.27. The molecule has 0 saturated carbocycles. The van der Waals surface area contributed by atoms with Gasteiger partial charge in [-0.05, 0) is 24.6 Å². The fourth-order valence-corrected chi connectivity index (χ4v) is 2.15. The maximum atomic E-state index is 12.3. The minimum Gasteiger partial charge on any atom is -0.496 e. The molecule has 0 aliphatic rings. The average molecular weight is 269 g/mol. The minimum absolute atomic E-state index is 0.0915. The maximum absolute atomic E-state index is 12.3. The van der Waals surface area contributed by atoms with Crippen LogP contribution in [-0.2, 0) is 12.8 Å². The van der Waals surface area contributed by atoms with Gasteiger partial charge in [-0.25, -0.2) is 0 Å². The smallest absolute Gasteiger partial charge is 0.167 e. The fourth-order valence-electron chi connectivity index (χ4n) is 2.15. The first-order valence-electron chi connectivity index (χ1n) is 6.68. The van der Waals surface area contributed by atoms with Crippen LogP contribution in [0.3, 0.4) is 0 Å². The number of rotatable bonds is 6. The van der Waals surface area contributed by atoms with E-state index >= 15 is 0 Å². The number of methoxy groups -OCH3 is 1. The minimum atomic E-state index is 0.0915. The summed E-state index contributed by atoms with van der Waals surface area (Å²) in [7, 11) is 1.62. The third kappa shape index (κ3) is 3.45. The van der Waals surface area contributed by atoms with Crippen molar-refractivity contribution in [2.75, 3.05) is 13.7 Å². The Morgan fingerprint density at radius 3 is 2.45 bits per heavy atom. The Kier molecular flexibility index (Phi) is 4.91. The van der Waals surface area contributed by atoms with Gasteiger partial charge in [-0.1, -0.05) is 42.5 Å². The number of para-hydroxylation sites is 1. The van der Waals surface area contributed by atoms with Gasteiger partial charge in [-0.2, -0.15) is 0 Å². The van der Waals surface area contributed by atoms with Gasteiger partial charge < -0.3 is 10.5 Å². The van der Waals surface area contributed by atoms with Crippen LogP contribution in [0.1, 0.15) is 21.5 Å². The lowest BCUT2D eigenvalue weighted by Gasteiger charge is -2.08. The van der Waals surface area contributed by atoms with Crippen molar-refractivity contribution in [3.05, 3.63) is 65.2 Å². The summed E-state index contributed by atoms with van der Waals surface area (Å²) in [5.41, 5.74) is 8.29. The number of carbonyl (C=O) groups excluding carboxylic acids is 1. The molecule has 0 amide bonds. The summed E-state index contributed by atoms with van der Waals surface area (Å²) >= 11 is 0. The second-order valence-corrected chi connectivity index (χ2v) is 4.65. The Hall–Kier alpha value is -2.13. The number of carbonyl (C=O) groups is 1. The second kappa shape index (κ2) is 6.87. The Morgan fingerprint density at radius 1 is 1.10 bits per heavy atom. The fraction of sp³-hybridized carbons (Fsp3) is 0.235. The third-order valence-corrected chi connectivity index (χ3v) is 3.25. The summed E-state index contributed by atoms with van der Waals surface area (Å²) in [5.74, 6) is 0.842. The lowest BCUT2D eigenvalue weighted by molar-refractivity contribution is 0.0992. The number of nitrogens with two attached hydrogens (primary N) is 1. The van der Waals surface area contributed by atoms with Gasteiger partial charge >= 0.3 is 0 Å². The number of Topliss-reactive ketones (excluding diaryl/α,β-unsaturated/α-hetero) is 1. The largest absolute Gasteiger partial charge is 0.496 e. The predicted molar refractivity (Wildman–Crippen MR) is 80.2 cm³/mol. The number of benzene rings is 2. The van der Waals surface area contributed by atoms with E-state index in [0.717, 1.165) is 28.9 Å². The van der Waals surface area contributed by atoms with Gasteiger partial charge in [0.25, 0.3) is 0 Å². The molecular formula is C17H19NO2. The van der Waals surface area contributed by atoms with Crippen LogP contribution in [0.2, 0.25) is 0 Å². The van der Waals surface area contributed by atoms with Gasteiger partial charge in [-0.15, -0.1) is 0 Å². The highest BCUT2D eigenvalue weighted by Gasteiger charge is 2.10. The standard InChI is InChI=1S/C17H19NO2/c1-20-17-5-3-2-4-15(17)12-16(19)14-8-6-13(7-9-14)10-11-18/h2-9H,10-12,18H2,1H3. The molecule has 0 atom stereocenters. The van der Waals surface area contributed by atoms with Crippen molar-refractivity contribution in [1.82, 2.24) is 0 Å². The quantitative estimate of drug-likeness (QED) is 0.820. The Morgan fingerprint density at radius 2 is 1.80 bits per heavy atom. The summed E-state index contributed by atoms with van der Waals surface area (Å²) in [6.07, 6.45) is 1.18. The van der Waals surface area contributed by atoms with Crippen molar-refractivity contribution in [3.63, 3.8) is 0 Å². The van der Waals surface area contributed by atoms with E-state index in [1.165, 1.54) is 0 Å². The van der Waals surface area contributed by atoms with Crippen molar-refractivity contribution in [1.29, 1.82) is 0 Å². The molecule has 0 aliphatic heterocycles. The summed E-state index contributed by atoms with van der Waals surface area (Å²) in [4.78, 5) is 12.3. The second-order valence-electron chi connectivity index (χ2n) is 4.65. The van der Waals surface area contributed by atoms with Crippen LogP contribution < -0.4 is 10.5 Å². The molecule has 0 spiro atoms. The van der Waals surface area contributed by atoms with Crippen LogP contribution in [0.25, 0.3) is 0 Å². The molecule has 2 aromatic rings. The van der Waals surface area contributed by atoms with Crippen molar-refractivity contribution < 1.29 is 9.53 Å². The monoisotopic (exact) mass is 269 g/mol. The lowest BCUT2D eigenvalue weighted by Crippen LogP contribution is -2.06. The van der Waals surface area contributed by atoms with E-state index in [1.54, 1.807) is 7.11 Å². The Labute approximate surface area is 119 Å². The number of hydrogen-bond acceptors (Lipinski definition) is 3. The topological polar surface area (TPSA) is 52.3 Å². The number of ether oxygens (including phenoxy) is 1. The third-order valence-electron chi connectivity index (χ3n) is 3.25. The first-order valence-corrected chi connectivity index (χ1v) is 6.68. The van der Waals surface area contributed by atoms with Crippen LogP contribution in [0.4, 0.5) is 0 Å². The zero-order chi connectivity index (χ0) is 14.4. The molecule has 20 heavy (non-hydrogen) atoms. The summed E-state index contributed by atoms with van der Waals surface area (Å²) in [6, 6.07) is 15.2. The first-order chi connectivity index (χ1) is 9.74. The molecule has 2 aromatic carbocycles. The molecule has 2 rings (SSSR count). The highest BCUT2D eigenvalue weighted by molar-refractivity contribution is 5.97. The van der Waals surface area contributed by atoms with E-state index < -0.39 is 0 Å². The van der Waals surface area contributed by atoms with E-state index in [0.29, 0.717) is 13.0 Å². The van der Waals surface area contributed by atoms with Crippen molar-refractivity contribution in [3.8, 4) is 5.75 Å². The zero-order valence-electron chi connectivity index (χ0n) is 11.6. The average Bonchev–Trinajstić information content (AvgIpc) is 2.49. The lowest BCUT2D eigenvalue weighted by atomic mass is 10.0. The molecule has 0 aromatic heterocycles. The molecule has 2 N–H and O–H groups in total. The van der Waals surface area contributed by atoms with Crippen LogP contribution >= 0.6 is 0 Å².